The standard InChI is InChI=1S/C21H17N3O7/c1-3-9-31-17-8-7-13(11-18(17)30-2)10-16-19(25)22-21(27)23(20(16)26)14-5-4-6-15(12-14)24(28)29/h3-8,10-12H,1,9H2,2H3,(H,22,25,27)/b16-10+. The molecule has 1 N–H and O–H groups in total. The number of nitrogens with zero attached hydrogens (tertiary/aromatic N) is 2. The molecule has 10 nitrogen and oxygen atoms in total. The second kappa shape index (κ2) is 8.91. The predicted octanol–water partition coefficient (Wildman–Crippen LogP) is 2.83. The monoisotopic (exact) mass is 423 g/mol. The van der Waals surface area contributed by atoms with Crippen molar-refractivity contribution in [2.75, 3.05) is 18.6 Å². The molecule has 0 bridgehead atoms. The van der Waals surface area contributed by atoms with Gasteiger partial charge in [0.1, 0.15) is 12.2 Å². The van der Waals surface area contributed by atoms with Crippen LogP contribution in [0.4, 0.5) is 16.2 Å². The van der Waals surface area contributed by atoms with Crippen LogP contribution >= 0.6 is 0 Å². The first-order valence-corrected chi connectivity index (χ1v) is 8.93. The van der Waals surface area contributed by atoms with Gasteiger partial charge in [0.25, 0.3) is 17.5 Å². The fourth-order valence-corrected chi connectivity index (χ4v) is 2.85. The van der Waals surface area contributed by atoms with Crippen LogP contribution in [-0.2, 0) is 9.59 Å². The third-order valence-corrected chi connectivity index (χ3v) is 4.26. The molecule has 1 fully saturated rings. The van der Waals surface area contributed by atoms with Gasteiger partial charge in [0.05, 0.1) is 17.7 Å². The molecule has 10 heteroatoms. The van der Waals surface area contributed by atoms with Gasteiger partial charge in [-0.1, -0.05) is 24.8 Å². The van der Waals surface area contributed by atoms with Crippen LogP contribution in [0.1, 0.15) is 5.56 Å². The quantitative estimate of drug-likeness (QED) is 0.238. The summed E-state index contributed by atoms with van der Waals surface area (Å²) in [5.74, 6) is -0.994. The number of nitro benzene ring substituents is 1. The highest BCUT2D eigenvalue weighted by atomic mass is 16.6. The van der Waals surface area contributed by atoms with Crippen LogP contribution < -0.4 is 19.7 Å². The zero-order valence-corrected chi connectivity index (χ0v) is 16.4. The van der Waals surface area contributed by atoms with E-state index in [0.29, 0.717) is 22.0 Å². The molecule has 1 heterocycles. The van der Waals surface area contributed by atoms with Gasteiger partial charge in [-0.25, -0.2) is 9.69 Å². The molecule has 2 aromatic rings. The van der Waals surface area contributed by atoms with Gasteiger partial charge in [0.15, 0.2) is 11.5 Å². The van der Waals surface area contributed by atoms with E-state index in [1.807, 2.05) is 0 Å². The van der Waals surface area contributed by atoms with Gasteiger partial charge in [-0.05, 0) is 29.8 Å². The Hall–Kier alpha value is -4.47. The Morgan fingerprint density at radius 2 is 1.94 bits per heavy atom. The first kappa shape index (κ1) is 21.2. The largest absolute Gasteiger partial charge is 0.493 e. The molecule has 0 atom stereocenters. The number of non-ortho nitro benzene ring substituents is 1. The summed E-state index contributed by atoms with van der Waals surface area (Å²) in [6.45, 7) is 3.83. The van der Waals surface area contributed by atoms with E-state index in [-0.39, 0.29) is 23.6 Å². The van der Waals surface area contributed by atoms with Crippen LogP contribution in [0, 0.1) is 10.1 Å². The number of benzene rings is 2. The second-order valence-corrected chi connectivity index (χ2v) is 6.24. The number of rotatable bonds is 7. The van der Waals surface area contributed by atoms with E-state index in [4.69, 9.17) is 9.47 Å². The summed E-state index contributed by atoms with van der Waals surface area (Å²) >= 11 is 0. The third-order valence-electron chi connectivity index (χ3n) is 4.26. The first-order valence-electron chi connectivity index (χ1n) is 8.93. The van der Waals surface area contributed by atoms with Crippen molar-refractivity contribution in [2.45, 2.75) is 0 Å². The Balaban J connectivity index is 1.98. The number of ether oxygens (including phenoxy) is 2. The van der Waals surface area contributed by atoms with Crippen molar-refractivity contribution in [3.63, 3.8) is 0 Å². The molecule has 158 valence electrons. The number of carbonyl (C=O) groups excluding carboxylic acids is 3. The molecule has 0 spiro atoms. The maximum absolute atomic E-state index is 12.9. The van der Waals surface area contributed by atoms with E-state index in [9.17, 15) is 24.5 Å². The molecular weight excluding hydrogens is 406 g/mol. The number of carbonyl (C=O) groups is 3. The molecule has 4 amide bonds. The van der Waals surface area contributed by atoms with Crippen LogP contribution in [0.25, 0.3) is 6.08 Å². The normalized spacial score (nSPS) is 14.9. The van der Waals surface area contributed by atoms with E-state index < -0.39 is 22.8 Å². The maximum atomic E-state index is 12.9. The molecule has 0 aromatic heterocycles. The summed E-state index contributed by atoms with van der Waals surface area (Å²) < 4.78 is 10.7. The SMILES string of the molecule is C=CCOc1ccc(/C=C2\C(=O)NC(=O)N(c3cccc([N+](=O)[O-])c3)C2=O)cc1OC. The average Bonchev–Trinajstić information content (AvgIpc) is 2.75. The Kier molecular flexibility index (Phi) is 6.10. The summed E-state index contributed by atoms with van der Waals surface area (Å²) in [5, 5.41) is 13.1. The summed E-state index contributed by atoms with van der Waals surface area (Å²) in [4.78, 5) is 48.5. The number of anilines is 1. The Labute approximate surface area is 176 Å². The minimum Gasteiger partial charge on any atom is -0.493 e. The molecule has 0 radical (unpaired) electrons. The van der Waals surface area contributed by atoms with Crippen LogP contribution in [-0.4, -0.2) is 36.5 Å². The number of barbiturate groups is 1. The van der Waals surface area contributed by atoms with Crippen molar-refractivity contribution < 1.29 is 28.8 Å². The summed E-state index contributed by atoms with van der Waals surface area (Å²) in [5.41, 5.74) is -0.233. The first-order chi connectivity index (χ1) is 14.8. The van der Waals surface area contributed by atoms with Gasteiger partial charge < -0.3 is 9.47 Å². The lowest BCUT2D eigenvalue weighted by atomic mass is 10.1. The molecule has 3 rings (SSSR count). The van der Waals surface area contributed by atoms with Crippen molar-refractivity contribution in [2.24, 2.45) is 0 Å². The summed E-state index contributed by atoms with van der Waals surface area (Å²) in [6.07, 6.45) is 2.86. The molecule has 0 unspecified atom stereocenters. The van der Waals surface area contributed by atoms with Gasteiger partial charge in [-0.3, -0.25) is 25.0 Å². The molecule has 1 aliphatic rings. The number of imide groups is 2. The lowest BCUT2D eigenvalue weighted by Gasteiger charge is -2.26. The Bertz CT molecular complexity index is 1120. The highest BCUT2D eigenvalue weighted by Gasteiger charge is 2.37. The zero-order valence-electron chi connectivity index (χ0n) is 16.4. The van der Waals surface area contributed by atoms with Crippen LogP contribution in [0.15, 0.2) is 60.7 Å². The number of nitro groups is 1. The molecule has 1 aliphatic heterocycles. The maximum Gasteiger partial charge on any atom is 0.335 e. The Morgan fingerprint density at radius 1 is 1.16 bits per heavy atom. The summed E-state index contributed by atoms with van der Waals surface area (Å²) in [6, 6.07) is 8.73. The number of amides is 4. The fourth-order valence-electron chi connectivity index (χ4n) is 2.85. The molecule has 0 saturated carbocycles. The molecule has 1 saturated heterocycles. The molecular formula is C21H17N3O7. The van der Waals surface area contributed by atoms with E-state index >= 15 is 0 Å². The van der Waals surface area contributed by atoms with Gasteiger partial charge >= 0.3 is 6.03 Å². The van der Waals surface area contributed by atoms with Gasteiger partial charge in [0, 0.05) is 12.1 Å². The predicted molar refractivity (Wildman–Crippen MR) is 111 cm³/mol. The van der Waals surface area contributed by atoms with Crippen molar-refractivity contribution >= 4 is 35.3 Å². The highest BCUT2D eigenvalue weighted by Crippen LogP contribution is 2.30. The Morgan fingerprint density at radius 3 is 2.61 bits per heavy atom. The number of hydrogen-bond acceptors (Lipinski definition) is 7. The van der Waals surface area contributed by atoms with Crippen LogP contribution in [0.2, 0.25) is 0 Å². The van der Waals surface area contributed by atoms with Gasteiger partial charge in [0.2, 0.25) is 0 Å². The van der Waals surface area contributed by atoms with E-state index in [2.05, 4.69) is 11.9 Å². The molecule has 0 aliphatic carbocycles. The number of nitrogens with one attached hydrogen (secondary N) is 1. The summed E-state index contributed by atoms with van der Waals surface area (Å²) in [7, 11) is 1.44. The topological polar surface area (TPSA) is 128 Å². The van der Waals surface area contributed by atoms with Gasteiger partial charge in [-0.2, -0.15) is 0 Å². The highest BCUT2D eigenvalue weighted by molar-refractivity contribution is 6.39. The van der Waals surface area contributed by atoms with E-state index in [1.165, 1.54) is 31.4 Å². The van der Waals surface area contributed by atoms with Crippen molar-refractivity contribution in [1.82, 2.24) is 5.32 Å². The lowest BCUT2D eigenvalue weighted by molar-refractivity contribution is -0.384. The van der Waals surface area contributed by atoms with Crippen LogP contribution in [0.3, 0.4) is 0 Å². The van der Waals surface area contributed by atoms with E-state index in [0.717, 1.165) is 6.07 Å². The zero-order chi connectivity index (χ0) is 22.5. The van der Waals surface area contributed by atoms with Crippen molar-refractivity contribution in [1.29, 1.82) is 0 Å². The van der Waals surface area contributed by atoms with Crippen molar-refractivity contribution in [3.8, 4) is 11.5 Å². The van der Waals surface area contributed by atoms with E-state index in [1.54, 1.807) is 24.3 Å². The smallest absolute Gasteiger partial charge is 0.335 e. The number of urea groups is 1. The average molecular weight is 423 g/mol. The third kappa shape index (κ3) is 4.42. The fraction of sp³-hybridized carbons (Fsp3) is 0.0952. The molecule has 31 heavy (non-hydrogen) atoms. The number of hydrogen-bond donors (Lipinski definition) is 1. The number of methoxy groups -OCH3 is 1. The van der Waals surface area contributed by atoms with Crippen molar-refractivity contribution in [3.05, 3.63) is 76.4 Å². The molecule has 2 aromatic carbocycles. The second-order valence-electron chi connectivity index (χ2n) is 6.24. The van der Waals surface area contributed by atoms with Gasteiger partial charge in [-0.15, -0.1) is 0 Å². The minimum absolute atomic E-state index is 0.0409. The lowest BCUT2D eigenvalue weighted by Crippen LogP contribution is -2.54. The minimum atomic E-state index is -1.00. The van der Waals surface area contributed by atoms with Crippen LogP contribution in [0.5, 0.6) is 11.5 Å².